The predicted molar refractivity (Wildman–Crippen MR) is 70.4 cm³/mol. The van der Waals surface area contributed by atoms with E-state index in [9.17, 15) is 4.79 Å². The van der Waals surface area contributed by atoms with Gasteiger partial charge >= 0.3 is 5.97 Å². The molecule has 1 N–H and O–H groups in total. The summed E-state index contributed by atoms with van der Waals surface area (Å²) < 4.78 is 4.65. The number of ether oxygens (including phenoxy) is 1. The van der Waals surface area contributed by atoms with E-state index < -0.39 is 0 Å². The Morgan fingerprint density at radius 3 is 2.67 bits per heavy atom. The summed E-state index contributed by atoms with van der Waals surface area (Å²) in [6.45, 7) is 4.13. The number of piperidine rings is 1. The monoisotopic (exact) mass is 258 g/mol. The van der Waals surface area contributed by atoms with Crippen molar-refractivity contribution < 1.29 is 14.6 Å². The molecule has 0 aliphatic carbocycles. The van der Waals surface area contributed by atoms with Crippen molar-refractivity contribution in [1.29, 1.82) is 0 Å². The van der Waals surface area contributed by atoms with Crippen molar-refractivity contribution in [3.8, 4) is 0 Å². The van der Waals surface area contributed by atoms with Gasteiger partial charge in [0.25, 0.3) is 0 Å². The third-order valence-electron chi connectivity index (χ3n) is 3.71. The molecule has 0 aromatic heterocycles. The molecule has 1 aliphatic rings. The second kappa shape index (κ2) is 8.45. The number of rotatable bonds is 7. The Balaban J connectivity index is 2.17. The molecule has 0 bridgehead atoms. The molecular weight excluding hydrogens is 232 g/mol. The first-order valence-electron chi connectivity index (χ1n) is 6.77. The van der Waals surface area contributed by atoms with E-state index in [1.165, 1.54) is 7.11 Å². The Morgan fingerprint density at radius 2 is 2.11 bits per heavy atom. The fraction of sp³-hybridized carbons (Fsp3) is 0.923. The molecule has 0 radical (unpaired) electrons. The van der Waals surface area contributed by atoms with Gasteiger partial charge in [0.2, 0.25) is 0 Å². The third-order valence-corrected chi connectivity index (χ3v) is 3.71. The number of aliphatic hydroxyl groups excluding tert-OH is 1. The molecule has 0 atom stereocenters. The van der Waals surface area contributed by atoms with E-state index >= 15 is 0 Å². The first-order valence-corrected chi connectivity index (χ1v) is 6.77. The zero-order valence-electron chi connectivity index (χ0n) is 11.6. The number of hydrogen-bond donors (Lipinski definition) is 1. The summed E-state index contributed by atoms with van der Waals surface area (Å²) in [7, 11) is 3.56. The molecule has 1 saturated heterocycles. The SMILES string of the molecule is COC(=O)CCN1CCC(N(C)CCCO)CC1. The predicted octanol–water partition coefficient (Wildman–Crippen LogP) is 0.328. The van der Waals surface area contributed by atoms with Gasteiger partial charge in [-0.2, -0.15) is 0 Å². The lowest BCUT2D eigenvalue weighted by Crippen LogP contribution is -2.44. The Labute approximate surface area is 110 Å². The van der Waals surface area contributed by atoms with E-state index in [-0.39, 0.29) is 12.6 Å². The first-order chi connectivity index (χ1) is 8.67. The van der Waals surface area contributed by atoms with Crippen molar-refractivity contribution in [2.45, 2.75) is 31.7 Å². The van der Waals surface area contributed by atoms with Crippen molar-refractivity contribution in [2.75, 3.05) is 46.9 Å². The lowest BCUT2D eigenvalue weighted by atomic mass is 10.0. The largest absolute Gasteiger partial charge is 0.469 e. The number of carbonyl (C=O) groups excluding carboxylic acids is 1. The lowest BCUT2D eigenvalue weighted by Gasteiger charge is -2.36. The van der Waals surface area contributed by atoms with Crippen molar-refractivity contribution in [3.05, 3.63) is 0 Å². The molecule has 106 valence electrons. The van der Waals surface area contributed by atoms with Gasteiger partial charge in [0.1, 0.15) is 0 Å². The van der Waals surface area contributed by atoms with Crippen LogP contribution in [-0.4, -0.2) is 73.9 Å². The van der Waals surface area contributed by atoms with Crippen molar-refractivity contribution in [3.63, 3.8) is 0 Å². The van der Waals surface area contributed by atoms with Crippen molar-refractivity contribution >= 4 is 5.97 Å². The molecular formula is C13H26N2O3. The molecule has 0 saturated carbocycles. The van der Waals surface area contributed by atoms with Crippen LogP contribution in [0.2, 0.25) is 0 Å². The molecule has 18 heavy (non-hydrogen) atoms. The minimum absolute atomic E-state index is 0.128. The summed E-state index contributed by atoms with van der Waals surface area (Å²) in [6, 6.07) is 0.617. The van der Waals surface area contributed by atoms with Crippen LogP contribution in [0.5, 0.6) is 0 Å². The van der Waals surface area contributed by atoms with Gasteiger partial charge in [-0.05, 0) is 39.4 Å². The van der Waals surface area contributed by atoms with Gasteiger partial charge in [0.05, 0.1) is 13.5 Å². The van der Waals surface area contributed by atoms with Crippen LogP contribution < -0.4 is 0 Å². The molecule has 1 rings (SSSR count). The molecule has 0 aromatic rings. The minimum atomic E-state index is -0.128. The number of carbonyl (C=O) groups is 1. The van der Waals surface area contributed by atoms with Crippen LogP contribution >= 0.6 is 0 Å². The summed E-state index contributed by atoms with van der Waals surface area (Å²) in [5.41, 5.74) is 0. The standard InChI is InChI=1S/C13H26N2O3/c1-14(7-3-11-16)12-4-8-15(9-5-12)10-6-13(17)18-2/h12,16H,3-11H2,1-2H3. The number of nitrogens with zero attached hydrogens (tertiary/aromatic N) is 2. The zero-order chi connectivity index (χ0) is 13.4. The highest BCUT2D eigenvalue weighted by Crippen LogP contribution is 2.15. The molecule has 0 aromatic carbocycles. The van der Waals surface area contributed by atoms with Gasteiger partial charge in [-0.1, -0.05) is 0 Å². The zero-order valence-corrected chi connectivity index (χ0v) is 11.6. The van der Waals surface area contributed by atoms with Crippen molar-refractivity contribution in [1.82, 2.24) is 9.80 Å². The average Bonchev–Trinajstić information content (AvgIpc) is 2.42. The van der Waals surface area contributed by atoms with Crippen LogP contribution in [0.4, 0.5) is 0 Å². The van der Waals surface area contributed by atoms with E-state index in [0.29, 0.717) is 12.5 Å². The second-order valence-electron chi connectivity index (χ2n) is 4.96. The minimum Gasteiger partial charge on any atom is -0.469 e. The number of esters is 1. The maximum absolute atomic E-state index is 11.1. The highest BCUT2D eigenvalue weighted by atomic mass is 16.5. The van der Waals surface area contributed by atoms with Gasteiger partial charge in [-0.3, -0.25) is 4.79 Å². The summed E-state index contributed by atoms with van der Waals surface area (Å²) in [5, 5.41) is 8.82. The highest BCUT2D eigenvalue weighted by molar-refractivity contribution is 5.69. The quantitative estimate of drug-likeness (QED) is 0.667. The smallest absolute Gasteiger partial charge is 0.306 e. The summed E-state index contributed by atoms with van der Waals surface area (Å²) in [5.74, 6) is -0.128. The first kappa shape index (κ1) is 15.4. The molecule has 1 fully saturated rings. The van der Waals surface area contributed by atoms with Crippen LogP contribution in [0.15, 0.2) is 0 Å². The molecule has 1 heterocycles. The maximum Gasteiger partial charge on any atom is 0.306 e. The van der Waals surface area contributed by atoms with Crippen LogP contribution in [0, 0.1) is 0 Å². The summed E-state index contributed by atoms with van der Waals surface area (Å²) >= 11 is 0. The van der Waals surface area contributed by atoms with Gasteiger partial charge in [-0.25, -0.2) is 0 Å². The van der Waals surface area contributed by atoms with Gasteiger partial charge < -0.3 is 19.6 Å². The maximum atomic E-state index is 11.1. The van der Waals surface area contributed by atoms with Gasteiger partial charge in [0.15, 0.2) is 0 Å². The summed E-state index contributed by atoms with van der Waals surface area (Å²) in [6.07, 6.45) is 3.62. The molecule has 0 unspecified atom stereocenters. The highest BCUT2D eigenvalue weighted by Gasteiger charge is 2.22. The van der Waals surface area contributed by atoms with E-state index in [1.807, 2.05) is 0 Å². The lowest BCUT2D eigenvalue weighted by molar-refractivity contribution is -0.141. The van der Waals surface area contributed by atoms with E-state index in [4.69, 9.17) is 5.11 Å². The van der Waals surface area contributed by atoms with Gasteiger partial charge in [-0.15, -0.1) is 0 Å². The van der Waals surface area contributed by atoms with Crippen LogP contribution in [0.1, 0.15) is 25.7 Å². The average molecular weight is 258 g/mol. The fourth-order valence-electron chi connectivity index (χ4n) is 2.44. The van der Waals surface area contributed by atoms with Crippen LogP contribution in [0.25, 0.3) is 0 Å². The summed E-state index contributed by atoms with van der Waals surface area (Å²) in [4.78, 5) is 15.7. The van der Waals surface area contributed by atoms with E-state index in [0.717, 1.165) is 45.4 Å². The van der Waals surface area contributed by atoms with Gasteiger partial charge in [0, 0.05) is 25.7 Å². The topological polar surface area (TPSA) is 53.0 Å². The second-order valence-corrected chi connectivity index (χ2v) is 4.96. The molecule has 1 aliphatic heterocycles. The Morgan fingerprint density at radius 1 is 1.44 bits per heavy atom. The Bertz CT molecular complexity index is 240. The molecule has 0 amide bonds. The Kier molecular flexibility index (Phi) is 7.23. The number of likely N-dealkylation sites (tertiary alicyclic amines) is 1. The van der Waals surface area contributed by atoms with Crippen LogP contribution in [-0.2, 0) is 9.53 Å². The van der Waals surface area contributed by atoms with Crippen LogP contribution in [0.3, 0.4) is 0 Å². The third kappa shape index (κ3) is 5.33. The fourth-order valence-corrected chi connectivity index (χ4v) is 2.44. The molecule has 0 spiro atoms. The number of hydrogen-bond acceptors (Lipinski definition) is 5. The Hall–Kier alpha value is -0.650. The molecule has 5 nitrogen and oxygen atoms in total. The van der Waals surface area contributed by atoms with E-state index in [2.05, 4.69) is 21.6 Å². The number of methoxy groups -OCH3 is 1. The van der Waals surface area contributed by atoms with E-state index in [1.54, 1.807) is 0 Å². The van der Waals surface area contributed by atoms with Crippen molar-refractivity contribution in [2.24, 2.45) is 0 Å². The number of aliphatic hydroxyl groups is 1. The molecule has 5 heteroatoms. The normalized spacial score (nSPS) is 18.2.